The molecule has 0 bridgehead atoms. The van der Waals surface area contributed by atoms with E-state index in [4.69, 9.17) is 11.5 Å². The highest BCUT2D eigenvalue weighted by Crippen LogP contribution is 2.40. The third-order valence-electron chi connectivity index (χ3n) is 4.26. The zero-order valence-corrected chi connectivity index (χ0v) is 12.2. The van der Waals surface area contributed by atoms with Gasteiger partial charge in [0.2, 0.25) is 0 Å². The first-order valence-electron chi connectivity index (χ1n) is 7.30. The molecule has 0 radical (unpaired) electrons. The zero-order chi connectivity index (χ0) is 15.7. The monoisotopic (exact) mass is 288 g/mol. The Kier molecular flexibility index (Phi) is 3.45. The second-order valence-electron chi connectivity index (χ2n) is 5.55. The Morgan fingerprint density at radius 2 is 1.59 bits per heavy atom. The molecule has 22 heavy (non-hydrogen) atoms. The van der Waals surface area contributed by atoms with E-state index in [2.05, 4.69) is 12.1 Å². The van der Waals surface area contributed by atoms with E-state index in [1.165, 1.54) is 0 Å². The van der Waals surface area contributed by atoms with Crippen molar-refractivity contribution in [3.63, 3.8) is 0 Å². The zero-order valence-electron chi connectivity index (χ0n) is 12.2. The van der Waals surface area contributed by atoms with E-state index >= 15 is 0 Å². The Morgan fingerprint density at radius 1 is 0.909 bits per heavy atom. The normalized spacial score (nSPS) is 13.0. The number of fused-ring (bicyclic) bond motifs is 1. The summed E-state index contributed by atoms with van der Waals surface area (Å²) in [4.78, 5) is 0. The second kappa shape index (κ2) is 5.42. The van der Waals surface area contributed by atoms with Gasteiger partial charge >= 0.3 is 0 Å². The molecule has 0 aliphatic heterocycles. The third-order valence-corrected chi connectivity index (χ3v) is 4.26. The molecule has 0 saturated carbocycles. The molecule has 4 N–H and O–H groups in total. The lowest BCUT2D eigenvalue weighted by molar-refractivity contribution is 0.685. The lowest BCUT2D eigenvalue weighted by atomic mass is 9.80. The fraction of sp³-hybridized carbons (Fsp3) is 0.222. The standard InChI is InChI=1S/C18H16N4/c19-9-15-13-6-1-2-7-14(13)17(16(10-20)18(15)22)11-4-3-5-12(21)8-11/h3-5,8H,1-2,6-7,21-22H2. The first-order chi connectivity index (χ1) is 10.7. The minimum absolute atomic E-state index is 0.295. The van der Waals surface area contributed by atoms with Gasteiger partial charge in [-0.25, -0.2) is 0 Å². The van der Waals surface area contributed by atoms with Gasteiger partial charge in [0.1, 0.15) is 12.1 Å². The van der Waals surface area contributed by atoms with Crippen molar-refractivity contribution in [2.24, 2.45) is 0 Å². The summed E-state index contributed by atoms with van der Waals surface area (Å²) in [5.41, 5.74) is 17.7. The van der Waals surface area contributed by atoms with Gasteiger partial charge in [0.25, 0.3) is 0 Å². The van der Waals surface area contributed by atoms with Crippen molar-refractivity contribution < 1.29 is 0 Å². The average molecular weight is 288 g/mol. The van der Waals surface area contributed by atoms with Crippen molar-refractivity contribution >= 4 is 11.4 Å². The van der Waals surface area contributed by atoms with Gasteiger partial charge in [-0.15, -0.1) is 0 Å². The predicted molar refractivity (Wildman–Crippen MR) is 86.8 cm³/mol. The van der Waals surface area contributed by atoms with Crippen LogP contribution in [0.3, 0.4) is 0 Å². The van der Waals surface area contributed by atoms with E-state index < -0.39 is 0 Å². The number of nitrogens with two attached hydrogens (primary N) is 2. The summed E-state index contributed by atoms with van der Waals surface area (Å²) in [5.74, 6) is 0. The fourth-order valence-electron chi connectivity index (χ4n) is 3.29. The van der Waals surface area contributed by atoms with Crippen LogP contribution in [0.4, 0.5) is 11.4 Å². The Morgan fingerprint density at radius 3 is 2.23 bits per heavy atom. The van der Waals surface area contributed by atoms with E-state index in [9.17, 15) is 10.5 Å². The molecule has 0 atom stereocenters. The van der Waals surface area contributed by atoms with Crippen molar-refractivity contribution in [1.82, 2.24) is 0 Å². The molecule has 0 amide bonds. The van der Waals surface area contributed by atoms with Gasteiger partial charge in [0.05, 0.1) is 16.8 Å². The molecule has 108 valence electrons. The summed E-state index contributed by atoms with van der Waals surface area (Å²) in [5, 5.41) is 19.0. The summed E-state index contributed by atoms with van der Waals surface area (Å²) in [6, 6.07) is 11.9. The van der Waals surface area contributed by atoms with Crippen LogP contribution in [-0.2, 0) is 12.8 Å². The SMILES string of the molecule is N#Cc1c(N)c(C#N)c(-c2cccc(N)c2)c2c1CCCC2. The van der Waals surface area contributed by atoms with Crippen molar-refractivity contribution in [1.29, 1.82) is 10.5 Å². The molecule has 4 heteroatoms. The largest absolute Gasteiger partial charge is 0.399 e. The Labute approximate surface area is 129 Å². The molecule has 0 fully saturated rings. The predicted octanol–water partition coefficient (Wildman–Crippen LogP) is 3.14. The molecule has 0 heterocycles. The molecule has 4 nitrogen and oxygen atoms in total. The van der Waals surface area contributed by atoms with Gasteiger partial charge in [-0.05, 0) is 54.5 Å². The van der Waals surface area contributed by atoms with Crippen LogP contribution in [0.1, 0.15) is 35.1 Å². The van der Waals surface area contributed by atoms with Gasteiger partial charge in [-0.1, -0.05) is 12.1 Å². The van der Waals surface area contributed by atoms with E-state index in [-0.39, 0.29) is 0 Å². The van der Waals surface area contributed by atoms with Crippen LogP contribution >= 0.6 is 0 Å². The molecule has 1 aliphatic carbocycles. The Hall–Kier alpha value is -2.98. The molecule has 2 aromatic rings. The van der Waals surface area contributed by atoms with E-state index in [0.717, 1.165) is 47.9 Å². The highest BCUT2D eigenvalue weighted by molar-refractivity contribution is 5.86. The molecule has 0 saturated heterocycles. The minimum atomic E-state index is 0.295. The van der Waals surface area contributed by atoms with E-state index in [1.54, 1.807) is 0 Å². The number of nitriles is 2. The number of hydrogen-bond donors (Lipinski definition) is 2. The van der Waals surface area contributed by atoms with Gasteiger partial charge in [-0.3, -0.25) is 0 Å². The molecular formula is C18H16N4. The number of anilines is 2. The van der Waals surface area contributed by atoms with Crippen molar-refractivity contribution in [3.05, 3.63) is 46.5 Å². The maximum Gasteiger partial charge on any atom is 0.102 e. The molecule has 2 aromatic carbocycles. The fourth-order valence-corrected chi connectivity index (χ4v) is 3.29. The maximum absolute atomic E-state index is 9.58. The number of benzene rings is 2. The molecule has 1 aliphatic rings. The van der Waals surface area contributed by atoms with Crippen LogP contribution in [-0.4, -0.2) is 0 Å². The summed E-state index contributed by atoms with van der Waals surface area (Å²) in [6.45, 7) is 0. The number of nitrogens with zero attached hydrogens (tertiary/aromatic N) is 2. The number of nitrogen functional groups attached to an aromatic ring is 2. The average Bonchev–Trinajstić information content (AvgIpc) is 2.53. The third kappa shape index (κ3) is 2.06. The topological polar surface area (TPSA) is 99.6 Å². The van der Waals surface area contributed by atoms with Crippen molar-refractivity contribution in [2.45, 2.75) is 25.7 Å². The Bertz CT molecular complexity index is 838. The molecule has 0 aromatic heterocycles. The Balaban J connectivity index is 2.41. The van der Waals surface area contributed by atoms with Gasteiger partial charge in [-0.2, -0.15) is 10.5 Å². The minimum Gasteiger partial charge on any atom is -0.399 e. The van der Waals surface area contributed by atoms with Crippen LogP contribution < -0.4 is 11.5 Å². The molecule has 3 rings (SSSR count). The summed E-state index contributed by atoms with van der Waals surface area (Å²) in [7, 11) is 0. The molecular weight excluding hydrogens is 272 g/mol. The molecule has 0 spiro atoms. The van der Waals surface area contributed by atoms with Crippen LogP contribution in [0.5, 0.6) is 0 Å². The highest BCUT2D eigenvalue weighted by atomic mass is 14.6. The quantitative estimate of drug-likeness (QED) is 0.787. The van der Waals surface area contributed by atoms with Gasteiger partial charge in [0, 0.05) is 11.3 Å². The van der Waals surface area contributed by atoms with Gasteiger partial charge in [0.15, 0.2) is 0 Å². The summed E-state index contributed by atoms with van der Waals surface area (Å²) >= 11 is 0. The molecule has 0 unspecified atom stereocenters. The summed E-state index contributed by atoms with van der Waals surface area (Å²) in [6.07, 6.45) is 3.80. The first kappa shape index (κ1) is 14.0. The smallest absolute Gasteiger partial charge is 0.102 e. The van der Waals surface area contributed by atoms with Gasteiger partial charge < -0.3 is 11.5 Å². The summed E-state index contributed by atoms with van der Waals surface area (Å²) < 4.78 is 0. The first-order valence-corrected chi connectivity index (χ1v) is 7.30. The van der Waals surface area contributed by atoms with Crippen molar-refractivity contribution in [2.75, 3.05) is 11.5 Å². The van der Waals surface area contributed by atoms with Crippen LogP contribution in [0.15, 0.2) is 24.3 Å². The van der Waals surface area contributed by atoms with E-state index in [0.29, 0.717) is 22.5 Å². The number of hydrogen-bond acceptors (Lipinski definition) is 4. The highest BCUT2D eigenvalue weighted by Gasteiger charge is 2.25. The van der Waals surface area contributed by atoms with Crippen LogP contribution in [0.2, 0.25) is 0 Å². The van der Waals surface area contributed by atoms with Crippen LogP contribution in [0, 0.1) is 22.7 Å². The number of rotatable bonds is 1. The lowest BCUT2D eigenvalue weighted by Gasteiger charge is -2.23. The second-order valence-corrected chi connectivity index (χ2v) is 5.55. The maximum atomic E-state index is 9.58. The van der Waals surface area contributed by atoms with Crippen molar-refractivity contribution in [3.8, 4) is 23.3 Å². The van der Waals surface area contributed by atoms with Crippen LogP contribution in [0.25, 0.3) is 11.1 Å². The lowest BCUT2D eigenvalue weighted by Crippen LogP contribution is -2.12. The van der Waals surface area contributed by atoms with E-state index in [1.807, 2.05) is 24.3 Å².